The van der Waals surface area contributed by atoms with E-state index in [2.05, 4.69) is 5.32 Å². The molecule has 0 saturated heterocycles. The summed E-state index contributed by atoms with van der Waals surface area (Å²) in [7, 11) is 0. The average molecular weight is 397 g/mol. The largest absolute Gasteiger partial charge is 0.462 e. The number of anilines is 1. The number of hydrogen-bond acceptors (Lipinski definition) is 4. The van der Waals surface area contributed by atoms with E-state index in [1.54, 1.807) is 37.3 Å². The summed E-state index contributed by atoms with van der Waals surface area (Å²) < 4.78 is 7.20. The number of aromatic nitrogens is 1. The molecule has 1 aromatic heterocycles. The van der Waals surface area contributed by atoms with E-state index in [0.29, 0.717) is 23.4 Å². The zero-order valence-electron chi connectivity index (χ0n) is 17.2. The minimum atomic E-state index is -0.410. The van der Waals surface area contributed by atoms with Gasteiger partial charge in [-0.3, -0.25) is 9.59 Å². The number of nitrogens with two attached hydrogens (primary N) is 1. The van der Waals surface area contributed by atoms with Gasteiger partial charge in [0.2, 0.25) is 11.8 Å². The first-order valence-corrected chi connectivity index (χ1v) is 9.51. The predicted molar refractivity (Wildman–Crippen MR) is 113 cm³/mol. The van der Waals surface area contributed by atoms with E-state index in [-0.39, 0.29) is 18.9 Å². The Kier molecular flexibility index (Phi) is 7.36. The van der Waals surface area contributed by atoms with Crippen molar-refractivity contribution in [2.24, 2.45) is 5.73 Å². The van der Waals surface area contributed by atoms with E-state index in [4.69, 9.17) is 10.5 Å². The molecule has 7 nitrogen and oxygen atoms in total. The van der Waals surface area contributed by atoms with Crippen molar-refractivity contribution in [2.45, 2.75) is 40.7 Å². The van der Waals surface area contributed by atoms with Gasteiger partial charge in [-0.2, -0.15) is 0 Å². The third-order valence-corrected chi connectivity index (χ3v) is 4.63. The fourth-order valence-corrected chi connectivity index (χ4v) is 3.30. The van der Waals surface area contributed by atoms with Crippen molar-refractivity contribution >= 4 is 29.5 Å². The van der Waals surface area contributed by atoms with Crippen LogP contribution in [0.25, 0.3) is 6.08 Å². The number of nitrogens with zero attached hydrogens (tertiary/aromatic N) is 1. The van der Waals surface area contributed by atoms with Gasteiger partial charge in [0.05, 0.1) is 18.6 Å². The summed E-state index contributed by atoms with van der Waals surface area (Å²) in [5.74, 6) is -1.14. The molecule has 1 aromatic carbocycles. The molecule has 0 bridgehead atoms. The highest BCUT2D eigenvalue weighted by Crippen LogP contribution is 2.25. The molecule has 0 unspecified atom stereocenters. The van der Waals surface area contributed by atoms with Crippen molar-refractivity contribution in [3.63, 3.8) is 0 Å². The molecule has 0 atom stereocenters. The minimum Gasteiger partial charge on any atom is -0.462 e. The summed E-state index contributed by atoms with van der Waals surface area (Å²) in [4.78, 5) is 35.7. The lowest BCUT2D eigenvalue weighted by Crippen LogP contribution is -2.13. The quantitative estimate of drug-likeness (QED) is 0.528. The summed E-state index contributed by atoms with van der Waals surface area (Å²) in [6, 6.07) is 6.88. The molecule has 0 aliphatic heterocycles. The lowest BCUT2D eigenvalue weighted by Gasteiger charge is -2.05. The number of hydrogen-bond donors (Lipinski definition) is 2. The normalized spacial score (nSPS) is 10.9. The van der Waals surface area contributed by atoms with Gasteiger partial charge < -0.3 is 20.4 Å². The first kappa shape index (κ1) is 21.9. The Bertz CT molecular complexity index is 940. The molecular formula is C22H27N3O4. The molecule has 2 amide bonds. The Morgan fingerprint density at radius 3 is 2.31 bits per heavy atom. The van der Waals surface area contributed by atoms with E-state index in [1.165, 1.54) is 6.08 Å². The van der Waals surface area contributed by atoms with Gasteiger partial charge in [-0.1, -0.05) is 12.1 Å². The van der Waals surface area contributed by atoms with Crippen LogP contribution in [0.15, 0.2) is 30.3 Å². The van der Waals surface area contributed by atoms with Crippen molar-refractivity contribution in [3.05, 3.63) is 58.4 Å². The number of benzene rings is 1. The standard InChI is InChI=1S/C22H27N3O4/c1-5-25-14(3)18(21(15(25)4)22(28)29-6-2)11-12-20(27)24-17-9-7-16(8-10-17)13-19(23)26/h7-12H,5-6,13H2,1-4H3,(H2,23,26)(H,24,27)/b12-11+. The summed E-state index contributed by atoms with van der Waals surface area (Å²) in [5, 5.41) is 2.76. The number of nitrogens with one attached hydrogen (secondary N) is 1. The van der Waals surface area contributed by atoms with Gasteiger partial charge in [0.25, 0.3) is 0 Å². The van der Waals surface area contributed by atoms with Crippen molar-refractivity contribution in [1.29, 1.82) is 0 Å². The zero-order valence-corrected chi connectivity index (χ0v) is 17.2. The third kappa shape index (κ3) is 5.34. The maximum absolute atomic E-state index is 12.4. The van der Waals surface area contributed by atoms with Crippen molar-refractivity contribution < 1.29 is 19.1 Å². The fraction of sp³-hybridized carbons (Fsp3) is 0.318. The van der Waals surface area contributed by atoms with E-state index >= 15 is 0 Å². The Labute approximate surface area is 170 Å². The van der Waals surface area contributed by atoms with Crippen LogP contribution in [0.4, 0.5) is 5.69 Å². The Morgan fingerprint density at radius 2 is 1.76 bits per heavy atom. The number of primary amides is 1. The number of esters is 1. The van der Waals surface area contributed by atoms with Gasteiger partial charge in [-0.05, 0) is 51.5 Å². The highest BCUT2D eigenvalue weighted by atomic mass is 16.5. The van der Waals surface area contributed by atoms with Crippen LogP contribution in [0.3, 0.4) is 0 Å². The maximum atomic E-state index is 12.4. The Morgan fingerprint density at radius 1 is 1.10 bits per heavy atom. The highest BCUT2D eigenvalue weighted by Gasteiger charge is 2.22. The molecule has 154 valence electrons. The number of amides is 2. The molecule has 0 aliphatic rings. The second-order valence-corrected chi connectivity index (χ2v) is 6.59. The smallest absolute Gasteiger partial charge is 0.340 e. The van der Waals surface area contributed by atoms with Gasteiger partial charge >= 0.3 is 5.97 Å². The lowest BCUT2D eigenvalue weighted by molar-refractivity contribution is -0.117. The second kappa shape index (κ2) is 9.73. The fourth-order valence-electron chi connectivity index (χ4n) is 3.30. The molecule has 0 aliphatic carbocycles. The monoisotopic (exact) mass is 397 g/mol. The summed E-state index contributed by atoms with van der Waals surface area (Å²) in [6.07, 6.45) is 3.18. The van der Waals surface area contributed by atoms with Gasteiger partial charge in [0.1, 0.15) is 0 Å². The van der Waals surface area contributed by atoms with E-state index < -0.39 is 11.9 Å². The Balaban J connectivity index is 2.21. The van der Waals surface area contributed by atoms with Gasteiger partial charge in [-0.25, -0.2) is 4.79 Å². The first-order chi connectivity index (χ1) is 13.8. The lowest BCUT2D eigenvalue weighted by atomic mass is 10.1. The molecule has 29 heavy (non-hydrogen) atoms. The molecule has 2 aromatic rings. The third-order valence-electron chi connectivity index (χ3n) is 4.63. The summed E-state index contributed by atoms with van der Waals surface area (Å²) in [5.41, 5.74) is 9.41. The van der Waals surface area contributed by atoms with Crippen LogP contribution in [0.1, 0.15) is 46.7 Å². The maximum Gasteiger partial charge on any atom is 0.340 e. The van der Waals surface area contributed by atoms with Crippen LogP contribution in [-0.2, 0) is 27.3 Å². The van der Waals surface area contributed by atoms with Crippen LogP contribution in [-0.4, -0.2) is 29.0 Å². The van der Waals surface area contributed by atoms with E-state index in [1.807, 2.05) is 25.3 Å². The topological polar surface area (TPSA) is 103 Å². The predicted octanol–water partition coefficient (Wildman–Crippen LogP) is 2.98. The van der Waals surface area contributed by atoms with E-state index in [0.717, 1.165) is 17.0 Å². The highest BCUT2D eigenvalue weighted by molar-refractivity contribution is 6.04. The number of rotatable bonds is 8. The number of carbonyl (C=O) groups excluding carboxylic acids is 3. The second-order valence-electron chi connectivity index (χ2n) is 6.59. The first-order valence-electron chi connectivity index (χ1n) is 9.51. The molecule has 0 spiro atoms. The van der Waals surface area contributed by atoms with Gasteiger partial charge in [0, 0.05) is 35.3 Å². The van der Waals surface area contributed by atoms with Crippen LogP contribution < -0.4 is 11.1 Å². The number of carbonyl (C=O) groups is 3. The van der Waals surface area contributed by atoms with Gasteiger partial charge in [-0.15, -0.1) is 0 Å². The molecule has 0 fully saturated rings. The molecule has 3 N–H and O–H groups in total. The van der Waals surface area contributed by atoms with Crippen LogP contribution in [0.5, 0.6) is 0 Å². The molecule has 0 radical (unpaired) electrons. The molecular weight excluding hydrogens is 370 g/mol. The minimum absolute atomic E-state index is 0.151. The zero-order chi connectivity index (χ0) is 21.6. The molecule has 2 rings (SSSR count). The molecule has 7 heteroatoms. The van der Waals surface area contributed by atoms with Crippen LogP contribution in [0, 0.1) is 13.8 Å². The van der Waals surface area contributed by atoms with Crippen molar-refractivity contribution in [2.75, 3.05) is 11.9 Å². The Hall–Kier alpha value is -3.35. The van der Waals surface area contributed by atoms with Crippen molar-refractivity contribution in [1.82, 2.24) is 4.57 Å². The van der Waals surface area contributed by atoms with Crippen LogP contribution in [0.2, 0.25) is 0 Å². The summed E-state index contributed by atoms with van der Waals surface area (Å²) in [6.45, 7) is 8.53. The van der Waals surface area contributed by atoms with Crippen LogP contribution >= 0.6 is 0 Å². The molecule has 0 saturated carbocycles. The number of ether oxygens (including phenoxy) is 1. The summed E-state index contributed by atoms with van der Waals surface area (Å²) >= 11 is 0. The van der Waals surface area contributed by atoms with Crippen molar-refractivity contribution in [3.8, 4) is 0 Å². The average Bonchev–Trinajstić information content (AvgIpc) is 2.90. The molecule has 1 heterocycles. The SMILES string of the molecule is CCOC(=O)c1c(/C=C/C(=O)Nc2ccc(CC(N)=O)cc2)c(C)n(CC)c1C. The van der Waals surface area contributed by atoms with E-state index in [9.17, 15) is 14.4 Å². The van der Waals surface area contributed by atoms with Gasteiger partial charge in [0.15, 0.2) is 0 Å².